The van der Waals surface area contributed by atoms with Crippen molar-refractivity contribution in [2.75, 3.05) is 0 Å². The molecule has 1 aliphatic heterocycles. The summed E-state index contributed by atoms with van der Waals surface area (Å²) in [5.41, 5.74) is 1.42. The summed E-state index contributed by atoms with van der Waals surface area (Å²) in [5.74, 6) is 1.23. The summed E-state index contributed by atoms with van der Waals surface area (Å²) in [6.45, 7) is 3.95. The third-order valence-electron chi connectivity index (χ3n) is 3.17. The summed E-state index contributed by atoms with van der Waals surface area (Å²) in [6.07, 6.45) is -0.397. The van der Waals surface area contributed by atoms with Gasteiger partial charge in [-0.2, -0.15) is 0 Å². The lowest BCUT2D eigenvalue weighted by Crippen LogP contribution is -2.36. The van der Waals surface area contributed by atoms with Gasteiger partial charge >= 0.3 is 0 Å². The van der Waals surface area contributed by atoms with E-state index in [0.29, 0.717) is 11.3 Å². The molecule has 108 valence electrons. The molecule has 1 N–H and O–H groups in total. The number of fused-ring (bicyclic) bond motifs is 1. The first kappa shape index (κ1) is 13.5. The molecule has 1 heterocycles. The molecular weight excluding hydrogens is 266 g/mol. The Morgan fingerprint density at radius 3 is 2.76 bits per heavy atom. The number of ether oxygens (including phenoxy) is 2. The van der Waals surface area contributed by atoms with Crippen LogP contribution in [0, 0.1) is 0 Å². The fourth-order valence-corrected chi connectivity index (χ4v) is 2.28. The molecule has 3 rings (SSSR count). The molecule has 0 fully saturated rings. The zero-order chi connectivity index (χ0) is 14.8. The fourth-order valence-electron chi connectivity index (χ4n) is 2.28. The van der Waals surface area contributed by atoms with Crippen molar-refractivity contribution < 1.29 is 14.3 Å². The Kier molecular flexibility index (Phi) is 3.52. The Morgan fingerprint density at radius 2 is 1.95 bits per heavy atom. The zero-order valence-corrected chi connectivity index (χ0v) is 12.0. The van der Waals surface area contributed by atoms with Gasteiger partial charge in [0.05, 0.1) is 11.7 Å². The Labute approximate surface area is 123 Å². The quantitative estimate of drug-likeness (QED) is 0.940. The van der Waals surface area contributed by atoms with Crippen molar-refractivity contribution in [1.29, 1.82) is 0 Å². The van der Waals surface area contributed by atoms with Crippen molar-refractivity contribution in [2.45, 2.75) is 26.2 Å². The number of hydrogen-bond acceptors (Lipinski definition) is 3. The van der Waals surface area contributed by atoms with E-state index in [1.54, 1.807) is 12.1 Å². The van der Waals surface area contributed by atoms with Gasteiger partial charge in [-0.05, 0) is 38.1 Å². The molecule has 1 amide bonds. The molecular formula is C17H17NO3. The van der Waals surface area contributed by atoms with E-state index >= 15 is 0 Å². The van der Waals surface area contributed by atoms with Gasteiger partial charge < -0.3 is 14.8 Å². The number of para-hydroxylation sites is 1. The summed E-state index contributed by atoms with van der Waals surface area (Å²) in [7, 11) is 0. The summed E-state index contributed by atoms with van der Waals surface area (Å²) in [4.78, 5) is 12.1. The van der Waals surface area contributed by atoms with Crippen molar-refractivity contribution in [3.8, 4) is 11.5 Å². The van der Waals surface area contributed by atoms with Gasteiger partial charge in [0.15, 0.2) is 6.23 Å². The van der Waals surface area contributed by atoms with Crippen LogP contribution in [0.25, 0.3) is 0 Å². The van der Waals surface area contributed by atoms with Crippen molar-refractivity contribution >= 4 is 5.91 Å². The maximum atomic E-state index is 12.1. The Morgan fingerprint density at radius 1 is 1.14 bits per heavy atom. The monoisotopic (exact) mass is 283 g/mol. The second-order valence-corrected chi connectivity index (χ2v) is 5.21. The van der Waals surface area contributed by atoms with Crippen LogP contribution in [0.1, 0.15) is 36.0 Å². The van der Waals surface area contributed by atoms with Crippen molar-refractivity contribution in [3.63, 3.8) is 0 Å². The first-order valence-electron chi connectivity index (χ1n) is 6.96. The maximum absolute atomic E-state index is 12.1. The van der Waals surface area contributed by atoms with Crippen LogP contribution in [0.2, 0.25) is 0 Å². The summed E-state index contributed by atoms with van der Waals surface area (Å²) in [5, 5.41) is 2.85. The van der Waals surface area contributed by atoms with Gasteiger partial charge in [-0.25, -0.2) is 0 Å². The van der Waals surface area contributed by atoms with Gasteiger partial charge in [-0.1, -0.05) is 24.3 Å². The van der Waals surface area contributed by atoms with Crippen LogP contribution in [0.3, 0.4) is 0 Å². The third-order valence-corrected chi connectivity index (χ3v) is 3.17. The van der Waals surface area contributed by atoms with Crippen LogP contribution in [0.4, 0.5) is 0 Å². The third kappa shape index (κ3) is 2.84. The molecule has 2 aromatic rings. The van der Waals surface area contributed by atoms with E-state index in [2.05, 4.69) is 5.32 Å². The van der Waals surface area contributed by atoms with Gasteiger partial charge in [-0.15, -0.1) is 0 Å². The van der Waals surface area contributed by atoms with E-state index in [1.807, 2.05) is 50.2 Å². The second kappa shape index (κ2) is 5.48. The van der Waals surface area contributed by atoms with Crippen molar-refractivity contribution in [2.24, 2.45) is 0 Å². The Balaban J connectivity index is 1.87. The minimum Gasteiger partial charge on any atom is -0.491 e. The number of rotatable bonds is 3. The molecule has 0 bridgehead atoms. The maximum Gasteiger partial charge on any atom is 0.258 e. The number of carbonyl (C=O) groups is 1. The van der Waals surface area contributed by atoms with Gasteiger partial charge in [0.2, 0.25) is 0 Å². The van der Waals surface area contributed by atoms with Crippen LogP contribution < -0.4 is 14.8 Å². The first-order valence-corrected chi connectivity index (χ1v) is 6.96. The van der Waals surface area contributed by atoms with Crippen LogP contribution in [0.15, 0.2) is 48.5 Å². The second-order valence-electron chi connectivity index (χ2n) is 5.21. The minimum atomic E-state index is -0.497. The van der Waals surface area contributed by atoms with Gasteiger partial charge in [0.1, 0.15) is 11.5 Å². The summed E-state index contributed by atoms with van der Waals surface area (Å²) in [6, 6.07) is 14.8. The summed E-state index contributed by atoms with van der Waals surface area (Å²) >= 11 is 0. The highest BCUT2D eigenvalue weighted by Gasteiger charge is 2.26. The predicted octanol–water partition coefficient (Wildman–Crippen LogP) is 3.29. The molecule has 1 atom stereocenters. The molecule has 0 radical (unpaired) electrons. The highest BCUT2D eigenvalue weighted by Crippen LogP contribution is 2.30. The largest absolute Gasteiger partial charge is 0.491 e. The standard InChI is InChI=1S/C17H17NO3/c1-11(2)20-13-7-5-6-12(10-13)17-18-16(19)14-8-3-4-9-15(14)21-17/h3-11,17H,1-2H3,(H,18,19)/t17-/m1/s1. The average molecular weight is 283 g/mol. The molecule has 0 saturated heterocycles. The van der Waals surface area contributed by atoms with Gasteiger partial charge in [0.25, 0.3) is 5.91 Å². The number of amides is 1. The van der Waals surface area contributed by atoms with E-state index in [1.165, 1.54) is 0 Å². The molecule has 4 nitrogen and oxygen atoms in total. The molecule has 4 heteroatoms. The van der Waals surface area contributed by atoms with Crippen molar-refractivity contribution in [1.82, 2.24) is 5.32 Å². The highest BCUT2D eigenvalue weighted by molar-refractivity contribution is 5.97. The average Bonchev–Trinajstić information content (AvgIpc) is 2.47. The lowest BCUT2D eigenvalue weighted by Gasteiger charge is -2.27. The van der Waals surface area contributed by atoms with Crippen LogP contribution >= 0.6 is 0 Å². The van der Waals surface area contributed by atoms with E-state index in [4.69, 9.17) is 9.47 Å². The number of benzene rings is 2. The predicted molar refractivity (Wildman–Crippen MR) is 79.5 cm³/mol. The number of nitrogens with one attached hydrogen (secondary N) is 1. The normalized spacial score (nSPS) is 16.9. The highest BCUT2D eigenvalue weighted by atomic mass is 16.5. The lowest BCUT2D eigenvalue weighted by molar-refractivity contribution is 0.0755. The first-order chi connectivity index (χ1) is 10.1. The molecule has 21 heavy (non-hydrogen) atoms. The van der Waals surface area contributed by atoms with Crippen LogP contribution in [-0.2, 0) is 0 Å². The zero-order valence-electron chi connectivity index (χ0n) is 12.0. The molecule has 0 saturated carbocycles. The van der Waals surface area contributed by atoms with E-state index < -0.39 is 6.23 Å². The van der Waals surface area contributed by atoms with Gasteiger partial charge in [0, 0.05) is 5.56 Å². The van der Waals surface area contributed by atoms with Crippen LogP contribution in [-0.4, -0.2) is 12.0 Å². The molecule has 0 aliphatic carbocycles. The SMILES string of the molecule is CC(C)Oc1cccc([C@@H]2NC(=O)c3ccccc3O2)c1. The summed E-state index contributed by atoms with van der Waals surface area (Å²) < 4.78 is 11.5. The van der Waals surface area contributed by atoms with E-state index in [9.17, 15) is 4.79 Å². The molecule has 0 aromatic heterocycles. The topological polar surface area (TPSA) is 47.6 Å². The van der Waals surface area contributed by atoms with Crippen molar-refractivity contribution in [3.05, 3.63) is 59.7 Å². The fraction of sp³-hybridized carbons (Fsp3) is 0.235. The van der Waals surface area contributed by atoms with Gasteiger partial charge in [-0.3, -0.25) is 4.79 Å². The Bertz CT molecular complexity index is 667. The van der Waals surface area contributed by atoms with E-state index in [-0.39, 0.29) is 12.0 Å². The van der Waals surface area contributed by atoms with E-state index in [0.717, 1.165) is 11.3 Å². The lowest BCUT2D eigenvalue weighted by atomic mass is 10.1. The number of hydrogen-bond donors (Lipinski definition) is 1. The smallest absolute Gasteiger partial charge is 0.258 e. The number of carbonyl (C=O) groups excluding carboxylic acids is 1. The molecule has 2 aromatic carbocycles. The molecule has 0 spiro atoms. The van der Waals surface area contributed by atoms with Crippen LogP contribution in [0.5, 0.6) is 11.5 Å². The molecule has 1 aliphatic rings. The molecule has 0 unspecified atom stereocenters. The minimum absolute atomic E-state index is 0.0999. The Hall–Kier alpha value is -2.49.